The van der Waals surface area contributed by atoms with Crippen molar-refractivity contribution in [2.24, 2.45) is 0 Å². The summed E-state index contributed by atoms with van der Waals surface area (Å²) in [5.41, 5.74) is 8.41. The van der Waals surface area contributed by atoms with Crippen LogP contribution in [0, 0.1) is 0 Å². The predicted molar refractivity (Wildman–Crippen MR) is 86.0 cm³/mol. The molecule has 0 aromatic heterocycles. The van der Waals surface area contributed by atoms with Gasteiger partial charge >= 0.3 is 0 Å². The number of nitrogens with one attached hydrogen (secondary N) is 1. The van der Waals surface area contributed by atoms with Gasteiger partial charge in [-0.3, -0.25) is 4.79 Å². The number of nitrogen functional groups attached to an aromatic ring is 1. The second kappa shape index (κ2) is 7.01. The quantitative estimate of drug-likeness (QED) is 0.652. The molecule has 2 rings (SSSR count). The number of amides is 1. The van der Waals surface area contributed by atoms with Gasteiger partial charge in [0, 0.05) is 17.0 Å². The topological polar surface area (TPSA) is 55.1 Å². The first-order chi connectivity index (χ1) is 9.69. The average Bonchev–Trinajstić information content (AvgIpc) is 2.46. The summed E-state index contributed by atoms with van der Waals surface area (Å²) < 4.78 is 0. The Morgan fingerprint density at radius 3 is 2.75 bits per heavy atom. The molecular formula is C16H18N2OS. The number of nitrogens with two attached hydrogens (primary N) is 1. The number of carbonyl (C=O) groups is 1. The van der Waals surface area contributed by atoms with E-state index in [-0.39, 0.29) is 5.91 Å². The summed E-state index contributed by atoms with van der Waals surface area (Å²) in [4.78, 5) is 13.1. The molecular weight excluding hydrogens is 268 g/mol. The molecule has 2 aromatic carbocycles. The fourth-order valence-corrected chi connectivity index (χ4v) is 2.52. The van der Waals surface area contributed by atoms with E-state index in [4.69, 9.17) is 5.73 Å². The van der Waals surface area contributed by atoms with Crippen LogP contribution in [0.3, 0.4) is 0 Å². The Balaban J connectivity index is 1.93. The highest BCUT2D eigenvalue weighted by Gasteiger charge is 2.06. The third kappa shape index (κ3) is 4.03. The lowest BCUT2D eigenvalue weighted by molar-refractivity contribution is -0.116. The SMILES string of the molecule is CSc1ccccc1NC(=O)CCc1cccc(N)c1. The maximum Gasteiger partial charge on any atom is 0.224 e. The van der Waals surface area contributed by atoms with E-state index in [1.807, 2.05) is 54.8 Å². The first-order valence-corrected chi connectivity index (χ1v) is 7.69. The highest BCUT2D eigenvalue weighted by atomic mass is 32.2. The first-order valence-electron chi connectivity index (χ1n) is 6.46. The number of carbonyl (C=O) groups excluding carboxylic acids is 1. The van der Waals surface area contributed by atoms with Crippen molar-refractivity contribution in [1.29, 1.82) is 0 Å². The van der Waals surface area contributed by atoms with Gasteiger partial charge in [0.2, 0.25) is 5.91 Å². The molecule has 0 unspecified atom stereocenters. The van der Waals surface area contributed by atoms with E-state index < -0.39 is 0 Å². The highest BCUT2D eigenvalue weighted by molar-refractivity contribution is 7.98. The normalized spacial score (nSPS) is 10.2. The lowest BCUT2D eigenvalue weighted by atomic mass is 10.1. The number of hydrogen-bond acceptors (Lipinski definition) is 3. The van der Waals surface area contributed by atoms with Gasteiger partial charge in [-0.05, 0) is 42.5 Å². The van der Waals surface area contributed by atoms with E-state index in [2.05, 4.69) is 5.32 Å². The Bertz CT molecular complexity index is 599. The summed E-state index contributed by atoms with van der Waals surface area (Å²) in [7, 11) is 0. The lowest BCUT2D eigenvalue weighted by Crippen LogP contribution is -2.12. The zero-order valence-electron chi connectivity index (χ0n) is 11.4. The van der Waals surface area contributed by atoms with E-state index in [1.54, 1.807) is 11.8 Å². The van der Waals surface area contributed by atoms with Gasteiger partial charge in [0.25, 0.3) is 0 Å². The van der Waals surface area contributed by atoms with E-state index in [9.17, 15) is 4.79 Å². The molecule has 3 N–H and O–H groups in total. The van der Waals surface area contributed by atoms with Gasteiger partial charge in [-0.1, -0.05) is 24.3 Å². The smallest absolute Gasteiger partial charge is 0.224 e. The van der Waals surface area contributed by atoms with Crippen molar-refractivity contribution in [3.63, 3.8) is 0 Å². The Labute approximate surface area is 123 Å². The van der Waals surface area contributed by atoms with E-state index >= 15 is 0 Å². The van der Waals surface area contributed by atoms with Crippen LogP contribution in [-0.4, -0.2) is 12.2 Å². The van der Waals surface area contributed by atoms with E-state index in [0.29, 0.717) is 12.8 Å². The molecule has 0 saturated heterocycles. The van der Waals surface area contributed by atoms with Crippen LogP contribution in [0.4, 0.5) is 11.4 Å². The molecule has 0 bridgehead atoms. The Morgan fingerprint density at radius 2 is 2.00 bits per heavy atom. The fraction of sp³-hybridized carbons (Fsp3) is 0.188. The molecule has 0 atom stereocenters. The summed E-state index contributed by atoms with van der Waals surface area (Å²) in [6.45, 7) is 0. The van der Waals surface area contributed by atoms with Crippen LogP contribution in [-0.2, 0) is 11.2 Å². The van der Waals surface area contributed by atoms with Crippen molar-refractivity contribution < 1.29 is 4.79 Å². The maximum absolute atomic E-state index is 12.0. The van der Waals surface area contributed by atoms with Crippen LogP contribution in [0.5, 0.6) is 0 Å². The Morgan fingerprint density at radius 1 is 1.20 bits per heavy atom. The number of para-hydroxylation sites is 1. The Kier molecular flexibility index (Phi) is 5.07. The van der Waals surface area contributed by atoms with Crippen LogP contribution >= 0.6 is 11.8 Å². The molecule has 20 heavy (non-hydrogen) atoms. The Hall–Kier alpha value is -1.94. The molecule has 0 fully saturated rings. The second-order valence-electron chi connectivity index (χ2n) is 4.49. The highest BCUT2D eigenvalue weighted by Crippen LogP contribution is 2.24. The zero-order chi connectivity index (χ0) is 14.4. The van der Waals surface area contributed by atoms with Gasteiger partial charge in [0.1, 0.15) is 0 Å². The average molecular weight is 286 g/mol. The molecule has 0 saturated carbocycles. The molecule has 0 radical (unpaired) electrons. The molecule has 3 nitrogen and oxygen atoms in total. The summed E-state index contributed by atoms with van der Waals surface area (Å²) in [5.74, 6) is 0.0222. The number of aryl methyl sites for hydroxylation is 1. The molecule has 0 aliphatic heterocycles. The summed E-state index contributed by atoms with van der Waals surface area (Å²) in [5, 5.41) is 2.96. The van der Waals surface area contributed by atoms with Crippen molar-refractivity contribution in [3.8, 4) is 0 Å². The van der Waals surface area contributed by atoms with Crippen LogP contribution in [0.1, 0.15) is 12.0 Å². The lowest BCUT2D eigenvalue weighted by Gasteiger charge is -2.09. The van der Waals surface area contributed by atoms with Crippen molar-refractivity contribution in [2.45, 2.75) is 17.7 Å². The van der Waals surface area contributed by atoms with Crippen LogP contribution in [0.2, 0.25) is 0 Å². The summed E-state index contributed by atoms with van der Waals surface area (Å²) in [6.07, 6.45) is 3.14. The maximum atomic E-state index is 12.0. The van der Waals surface area contributed by atoms with Crippen molar-refractivity contribution in [1.82, 2.24) is 0 Å². The third-order valence-corrected chi connectivity index (χ3v) is 3.77. The minimum atomic E-state index is 0.0222. The molecule has 0 spiro atoms. The van der Waals surface area contributed by atoms with Crippen molar-refractivity contribution in [2.75, 3.05) is 17.3 Å². The van der Waals surface area contributed by atoms with Gasteiger partial charge in [0.15, 0.2) is 0 Å². The molecule has 0 aliphatic carbocycles. The predicted octanol–water partition coefficient (Wildman–Crippen LogP) is 3.56. The first kappa shape index (κ1) is 14.5. The second-order valence-corrected chi connectivity index (χ2v) is 5.34. The van der Waals surface area contributed by atoms with Crippen molar-refractivity contribution >= 4 is 29.0 Å². The van der Waals surface area contributed by atoms with Crippen LogP contribution in [0.25, 0.3) is 0 Å². The summed E-state index contributed by atoms with van der Waals surface area (Å²) >= 11 is 1.62. The molecule has 2 aromatic rings. The standard InChI is InChI=1S/C16H18N2OS/c1-20-15-8-3-2-7-14(15)18-16(19)10-9-12-5-4-6-13(17)11-12/h2-8,11H,9-10,17H2,1H3,(H,18,19). The number of anilines is 2. The van der Waals surface area contributed by atoms with Crippen LogP contribution in [0.15, 0.2) is 53.4 Å². The monoisotopic (exact) mass is 286 g/mol. The van der Waals surface area contributed by atoms with Gasteiger partial charge in [0.05, 0.1) is 5.69 Å². The molecule has 1 amide bonds. The van der Waals surface area contributed by atoms with Gasteiger partial charge in [-0.2, -0.15) is 0 Å². The van der Waals surface area contributed by atoms with Crippen molar-refractivity contribution in [3.05, 3.63) is 54.1 Å². The number of rotatable bonds is 5. The summed E-state index contributed by atoms with van der Waals surface area (Å²) in [6, 6.07) is 15.5. The van der Waals surface area contributed by atoms with Gasteiger partial charge in [-0.15, -0.1) is 11.8 Å². The molecule has 0 aliphatic rings. The number of hydrogen-bond donors (Lipinski definition) is 2. The molecule has 4 heteroatoms. The molecule has 104 valence electrons. The van der Waals surface area contributed by atoms with E-state index in [1.165, 1.54) is 0 Å². The molecule has 0 heterocycles. The minimum absolute atomic E-state index is 0.0222. The van der Waals surface area contributed by atoms with Gasteiger partial charge < -0.3 is 11.1 Å². The van der Waals surface area contributed by atoms with Crippen LogP contribution < -0.4 is 11.1 Å². The third-order valence-electron chi connectivity index (χ3n) is 2.97. The minimum Gasteiger partial charge on any atom is -0.399 e. The van der Waals surface area contributed by atoms with Gasteiger partial charge in [-0.25, -0.2) is 0 Å². The number of benzene rings is 2. The van der Waals surface area contributed by atoms with E-state index in [0.717, 1.165) is 21.8 Å². The largest absolute Gasteiger partial charge is 0.399 e. The zero-order valence-corrected chi connectivity index (χ0v) is 12.2. The fourth-order valence-electron chi connectivity index (χ4n) is 1.97. The number of thioether (sulfide) groups is 1.